The quantitative estimate of drug-likeness (QED) is 0.876. The molecule has 1 aromatic heterocycles. The van der Waals surface area contributed by atoms with E-state index < -0.39 is 0 Å². The standard InChI is InChI=1S/C13H10Cl2N2OS/c14-9-2-1-3-11(12(9)13(16)19)18-7-8-4-5-17-6-10(8)15/h1-6H,7H2,(H2,16,19). The van der Waals surface area contributed by atoms with Crippen LogP contribution in [0.15, 0.2) is 36.7 Å². The first kappa shape index (κ1) is 14.1. The molecule has 0 aliphatic carbocycles. The fourth-order valence-electron chi connectivity index (χ4n) is 1.54. The number of hydrogen-bond donors (Lipinski definition) is 1. The van der Waals surface area contributed by atoms with Gasteiger partial charge in [-0.1, -0.05) is 41.5 Å². The summed E-state index contributed by atoms with van der Waals surface area (Å²) in [5.74, 6) is 0.535. The van der Waals surface area contributed by atoms with Gasteiger partial charge in [-0.25, -0.2) is 0 Å². The van der Waals surface area contributed by atoms with E-state index in [1.165, 1.54) is 0 Å². The molecule has 0 amide bonds. The largest absolute Gasteiger partial charge is 0.488 e. The molecule has 0 aliphatic heterocycles. The molecule has 0 saturated carbocycles. The zero-order chi connectivity index (χ0) is 13.8. The van der Waals surface area contributed by atoms with E-state index in [2.05, 4.69) is 4.98 Å². The Morgan fingerprint density at radius 1 is 1.26 bits per heavy atom. The van der Waals surface area contributed by atoms with Crippen LogP contribution in [0.5, 0.6) is 5.75 Å². The van der Waals surface area contributed by atoms with Gasteiger partial charge in [0.25, 0.3) is 0 Å². The maximum atomic E-state index is 6.05. The lowest BCUT2D eigenvalue weighted by molar-refractivity contribution is 0.305. The Kier molecular flexibility index (Phi) is 4.58. The molecule has 0 bridgehead atoms. The number of benzene rings is 1. The summed E-state index contributed by atoms with van der Waals surface area (Å²) in [4.78, 5) is 4.11. The summed E-state index contributed by atoms with van der Waals surface area (Å²) in [5, 5.41) is 1.01. The molecule has 6 heteroatoms. The average molecular weight is 313 g/mol. The van der Waals surface area contributed by atoms with Gasteiger partial charge in [0.05, 0.1) is 15.6 Å². The van der Waals surface area contributed by atoms with Crippen LogP contribution < -0.4 is 10.5 Å². The average Bonchev–Trinajstić information content (AvgIpc) is 2.37. The number of rotatable bonds is 4. The minimum absolute atomic E-state index is 0.196. The summed E-state index contributed by atoms with van der Waals surface area (Å²) in [6.45, 7) is 0.289. The Morgan fingerprint density at radius 3 is 2.74 bits per heavy atom. The van der Waals surface area contributed by atoms with E-state index in [0.717, 1.165) is 5.56 Å². The summed E-state index contributed by atoms with van der Waals surface area (Å²) >= 11 is 17.0. The van der Waals surface area contributed by atoms with Gasteiger partial charge in [-0.3, -0.25) is 4.98 Å². The first-order valence-corrected chi connectivity index (χ1v) is 6.55. The summed E-state index contributed by atoms with van der Waals surface area (Å²) < 4.78 is 5.68. The molecule has 1 heterocycles. The molecule has 0 unspecified atom stereocenters. The summed E-state index contributed by atoms with van der Waals surface area (Å²) in [6, 6.07) is 7.03. The van der Waals surface area contributed by atoms with E-state index in [4.69, 9.17) is 45.9 Å². The lowest BCUT2D eigenvalue weighted by Crippen LogP contribution is -2.12. The van der Waals surface area contributed by atoms with E-state index in [1.54, 1.807) is 36.7 Å². The number of aromatic nitrogens is 1. The van der Waals surface area contributed by atoms with Gasteiger partial charge in [0, 0.05) is 18.0 Å². The minimum atomic E-state index is 0.196. The molecular formula is C13H10Cl2N2OS. The Bertz CT molecular complexity index is 619. The van der Waals surface area contributed by atoms with Crippen LogP contribution in [0, 0.1) is 0 Å². The van der Waals surface area contributed by atoms with E-state index in [9.17, 15) is 0 Å². The maximum Gasteiger partial charge on any atom is 0.131 e. The zero-order valence-electron chi connectivity index (χ0n) is 9.77. The first-order chi connectivity index (χ1) is 9.09. The van der Waals surface area contributed by atoms with Crippen LogP contribution in [0.25, 0.3) is 0 Å². The predicted octanol–water partition coefficient (Wildman–Crippen LogP) is 3.60. The van der Waals surface area contributed by atoms with Crippen LogP contribution in [0.2, 0.25) is 10.0 Å². The monoisotopic (exact) mass is 312 g/mol. The van der Waals surface area contributed by atoms with E-state index in [-0.39, 0.29) is 11.6 Å². The third-order valence-electron chi connectivity index (χ3n) is 2.46. The maximum absolute atomic E-state index is 6.05. The van der Waals surface area contributed by atoms with Gasteiger partial charge >= 0.3 is 0 Å². The summed E-state index contributed by atoms with van der Waals surface area (Å²) in [6.07, 6.45) is 3.21. The first-order valence-electron chi connectivity index (χ1n) is 5.39. The highest BCUT2D eigenvalue weighted by molar-refractivity contribution is 7.80. The third-order valence-corrected chi connectivity index (χ3v) is 3.32. The topological polar surface area (TPSA) is 48.1 Å². The van der Waals surface area contributed by atoms with Crippen molar-refractivity contribution in [3.63, 3.8) is 0 Å². The van der Waals surface area contributed by atoms with Crippen LogP contribution in [-0.2, 0) is 6.61 Å². The molecule has 0 radical (unpaired) electrons. The molecule has 2 aromatic rings. The molecule has 2 N–H and O–H groups in total. The number of nitrogens with two attached hydrogens (primary N) is 1. The van der Waals surface area contributed by atoms with E-state index in [0.29, 0.717) is 21.4 Å². The highest BCUT2D eigenvalue weighted by Gasteiger charge is 2.11. The van der Waals surface area contributed by atoms with Crippen LogP contribution >= 0.6 is 35.4 Å². The van der Waals surface area contributed by atoms with Crippen LogP contribution in [-0.4, -0.2) is 9.97 Å². The molecule has 0 aliphatic rings. The van der Waals surface area contributed by atoms with Gasteiger partial charge in [0.2, 0.25) is 0 Å². The SMILES string of the molecule is NC(=S)c1c(Cl)cccc1OCc1ccncc1Cl. The van der Waals surface area contributed by atoms with Crippen molar-refractivity contribution in [3.05, 3.63) is 57.8 Å². The van der Waals surface area contributed by atoms with Crippen molar-refractivity contribution < 1.29 is 4.74 Å². The van der Waals surface area contributed by atoms with Crippen LogP contribution in [0.1, 0.15) is 11.1 Å². The van der Waals surface area contributed by atoms with Gasteiger partial charge < -0.3 is 10.5 Å². The molecule has 0 atom stereocenters. The number of nitrogens with zero attached hydrogens (tertiary/aromatic N) is 1. The summed E-state index contributed by atoms with van der Waals surface area (Å²) in [7, 11) is 0. The van der Waals surface area contributed by atoms with Gasteiger partial charge in [0.15, 0.2) is 0 Å². The molecule has 19 heavy (non-hydrogen) atoms. The Morgan fingerprint density at radius 2 is 2.05 bits per heavy atom. The number of halogens is 2. The minimum Gasteiger partial charge on any atom is -0.488 e. The molecule has 0 saturated heterocycles. The molecule has 98 valence electrons. The molecule has 1 aromatic carbocycles. The zero-order valence-corrected chi connectivity index (χ0v) is 12.1. The molecule has 3 nitrogen and oxygen atoms in total. The number of pyridine rings is 1. The smallest absolute Gasteiger partial charge is 0.131 e. The second kappa shape index (κ2) is 6.19. The van der Waals surface area contributed by atoms with Gasteiger partial charge in [-0.15, -0.1) is 0 Å². The lowest BCUT2D eigenvalue weighted by atomic mass is 10.2. The van der Waals surface area contributed by atoms with E-state index >= 15 is 0 Å². The second-order valence-electron chi connectivity index (χ2n) is 3.73. The third kappa shape index (κ3) is 3.35. The highest BCUT2D eigenvalue weighted by Crippen LogP contribution is 2.27. The van der Waals surface area contributed by atoms with Gasteiger partial charge in [-0.2, -0.15) is 0 Å². The van der Waals surface area contributed by atoms with Crippen molar-refractivity contribution in [1.29, 1.82) is 0 Å². The van der Waals surface area contributed by atoms with Gasteiger partial charge in [-0.05, 0) is 18.2 Å². The fourth-order valence-corrected chi connectivity index (χ4v) is 2.25. The normalized spacial score (nSPS) is 10.2. The summed E-state index contributed by atoms with van der Waals surface area (Å²) in [5.41, 5.74) is 7.00. The van der Waals surface area contributed by atoms with Crippen molar-refractivity contribution in [2.45, 2.75) is 6.61 Å². The molecule has 0 fully saturated rings. The van der Waals surface area contributed by atoms with Crippen LogP contribution in [0.4, 0.5) is 0 Å². The van der Waals surface area contributed by atoms with Crippen molar-refractivity contribution in [2.24, 2.45) is 5.73 Å². The predicted molar refractivity (Wildman–Crippen MR) is 80.9 cm³/mol. The number of thiocarbonyl (C=S) groups is 1. The Hall–Kier alpha value is -1.36. The Balaban J connectivity index is 2.23. The van der Waals surface area contributed by atoms with Gasteiger partial charge in [0.1, 0.15) is 17.3 Å². The van der Waals surface area contributed by atoms with Crippen molar-refractivity contribution in [3.8, 4) is 5.75 Å². The van der Waals surface area contributed by atoms with E-state index in [1.807, 2.05) is 0 Å². The fraction of sp³-hybridized carbons (Fsp3) is 0.0769. The van der Waals surface area contributed by atoms with Crippen molar-refractivity contribution in [1.82, 2.24) is 4.98 Å². The highest BCUT2D eigenvalue weighted by atomic mass is 35.5. The Labute approximate surface area is 126 Å². The van der Waals surface area contributed by atoms with Crippen molar-refractivity contribution in [2.75, 3.05) is 0 Å². The van der Waals surface area contributed by atoms with Crippen LogP contribution in [0.3, 0.4) is 0 Å². The molecule has 0 spiro atoms. The number of ether oxygens (including phenoxy) is 1. The molecular weight excluding hydrogens is 303 g/mol. The van der Waals surface area contributed by atoms with Crippen molar-refractivity contribution >= 4 is 40.4 Å². The second-order valence-corrected chi connectivity index (χ2v) is 4.99. The number of hydrogen-bond acceptors (Lipinski definition) is 3. The molecule has 2 rings (SSSR count). The lowest BCUT2D eigenvalue weighted by Gasteiger charge is -2.12.